The monoisotopic (exact) mass is 264 g/mol. The van der Waals surface area contributed by atoms with Gasteiger partial charge in [0.05, 0.1) is 5.56 Å². The lowest BCUT2D eigenvalue weighted by molar-refractivity contribution is 0.401. The fraction of sp³-hybridized carbons (Fsp3) is 0.417. The van der Waals surface area contributed by atoms with Gasteiger partial charge in [0.15, 0.2) is 0 Å². The zero-order chi connectivity index (χ0) is 10.8. The Morgan fingerprint density at radius 2 is 2.20 bits per heavy atom. The van der Waals surface area contributed by atoms with Gasteiger partial charge in [0.25, 0.3) is 0 Å². The Balaban J connectivity index is 2.22. The number of benzene rings is 1. The van der Waals surface area contributed by atoms with Gasteiger partial charge < -0.3 is 4.90 Å². The summed E-state index contributed by atoms with van der Waals surface area (Å²) in [5.74, 6) is 0. The number of halogens is 1. The van der Waals surface area contributed by atoms with Crippen molar-refractivity contribution in [3.8, 4) is 6.07 Å². The number of rotatable bonds is 2. The van der Waals surface area contributed by atoms with Crippen LogP contribution in [0.1, 0.15) is 24.8 Å². The summed E-state index contributed by atoms with van der Waals surface area (Å²) in [5, 5.41) is 8.82. The summed E-state index contributed by atoms with van der Waals surface area (Å²) < 4.78 is 0.883. The molecule has 1 saturated carbocycles. The Kier molecular flexibility index (Phi) is 2.97. The summed E-state index contributed by atoms with van der Waals surface area (Å²) in [6, 6.07) is 8.75. The van der Waals surface area contributed by atoms with Gasteiger partial charge in [0.2, 0.25) is 0 Å². The second kappa shape index (κ2) is 4.24. The van der Waals surface area contributed by atoms with Crippen LogP contribution in [0.25, 0.3) is 0 Å². The maximum atomic E-state index is 8.82. The summed E-state index contributed by atoms with van der Waals surface area (Å²) >= 11 is 3.42. The minimum absolute atomic E-state index is 0.685. The van der Waals surface area contributed by atoms with Crippen LogP contribution >= 0.6 is 15.9 Å². The molecule has 2 rings (SSSR count). The van der Waals surface area contributed by atoms with Crippen molar-refractivity contribution in [2.24, 2.45) is 0 Å². The molecule has 1 fully saturated rings. The average Bonchev–Trinajstić information content (AvgIpc) is 2.15. The molecule has 0 amide bonds. The zero-order valence-corrected chi connectivity index (χ0v) is 10.3. The van der Waals surface area contributed by atoms with E-state index in [1.54, 1.807) is 0 Å². The average molecular weight is 265 g/mol. The van der Waals surface area contributed by atoms with E-state index in [0.29, 0.717) is 11.6 Å². The fourth-order valence-electron chi connectivity index (χ4n) is 1.80. The lowest BCUT2D eigenvalue weighted by atomic mass is 9.91. The Morgan fingerprint density at radius 3 is 2.67 bits per heavy atom. The van der Waals surface area contributed by atoms with Gasteiger partial charge in [0, 0.05) is 23.2 Å². The second-order valence-corrected chi connectivity index (χ2v) is 4.83. The highest BCUT2D eigenvalue weighted by atomic mass is 79.9. The van der Waals surface area contributed by atoms with Crippen molar-refractivity contribution in [1.29, 1.82) is 5.26 Å². The lowest BCUT2D eigenvalue weighted by Gasteiger charge is -2.36. The van der Waals surface area contributed by atoms with Gasteiger partial charge in [-0.15, -0.1) is 0 Å². The first kappa shape index (κ1) is 10.5. The minimum Gasteiger partial charge on any atom is -0.372 e. The molecule has 2 nitrogen and oxygen atoms in total. The van der Waals surface area contributed by atoms with Crippen LogP contribution in [-0.2, 0) is 0 Å². The van der Waals surface area contributed by atoms with E-state index in [4.69, 9.17) is 5.26 Å². The molecule has 0 aromatic heterocycles. The Bertz CT molecular complexity index is 405. The van der Waals surface area contributed by atoms with Crippen molar-refractivity contribution >= 4 is 21.6 Å². The maximum absolute atomic E-state index is 8.82. The number of nitriles is 1. The largest absolute Gasteiger partial charge is 0.372 e. The summed E-state index contributed by atoms with van der Waals surface area (Å²) in [6.45, 7) is 0. The Hall–Kier alpha value is -1.01. The highest BCUT2D eigenvalue weighted by molar-refractivity contribution is 9.10. The van der Waals surface area contributed by atoms with Gasteiger partial charge in [-0.05, 0) is 53.4 Å². The summed E-state index contributed by atoms with van der Waals surface area (Å²) in [6.07, 6.45) is 3.91. The van der Waals surface area contributed by atoms with Crippen molar-refractivity contribution in [2.45, 2.75) is 25.3 Å². The molecule has 0 aliphatic heterocycles. The third-order valence-electron chi connectivity index (χ3n) is 3.10. The van der Waals surface area contributed by atoms with Crippen LogP contribution in [0.15, 0.2) is 22.7 Å². The molecule has 1 aliphatic rings. The van der Waals surface area contributed by atoms with E-state index in [-0.39, 0.29) is 0 Å². The highest BCUT2D eigenvalue weighted by Crippen LogP contribution is 2.30. The molecule has 3 heteroatoms. The predicted molar refractivity (Wildman–Crippen MR) is 64.9 cm³/mol. The minimum atomic E-state index is 0.685. The molecule has 1 aromatic carbocycles. The number of hydrogen-bond donors (Lipinski definition) is 0. The molecule has 78 valence electrons. The van der Waals surface area contributed by atoms with Gasteiger partial charge in [-0.1, -0.05) is 0 Å². The van der Waals surface area contributed by atoms with Gasteiger partial charge in [0.1, 0.15) is 6.07 Å². The van der Waals surface area contributed by atoms with Crippen molar-refractivity contribution < 1.29 is 0 Å². The van der Waals surface area contributed by atoms with E-state index in [1.165, 1.54) is 24.9 Å². The van der Waals surface area contributed by atoms with E-state index in [1.807, 2.05) is 18.2 Å². The quantitative estimate of drug-likeness (QED) is 0.820. The number of nitrogens with zero attached hydrogens (tertiary/aromatic N) is 2. The summed E-state index contributed by atoms with van der Waals surface area (Å²) in [5.41, 5.74) is 1.88. The van der Waals surface area contributed by atoms with Gasteiger partial charge in [-0.2, -0.15) is 5.26 Å². The molecule has 0 spiro atoms. The SMILES string of the molecule is CN(c1ccc(C#N)c(Br)c1)C1CCC1. The molecular formula is C12H13BrN2. The van der Waals surface area contributed by atoms with Crippen LogP contribution in [0.3, 0.4) is 0 Å². The molecule has 0 N–H and O–H groups in total. The first-order valence-corrected chi connectivity index (χ1v) is 5.94. The maximum Gasteiger partial charge on any atom is 0.100 e. The molecule has 0 bridgehead atoms. The van der Waals surface area contributed by atoms with E-state index in [0.717, 1.165) is 4.47 Å². The molecule has 15 heavy (non-hydrogen) atoms. The van der Waals surface area contributed by atoms with Crippen molar-refractivity contribution in [1.82, 2.24) is 0 Å². The van der Waals surface area contributed by atoms with Crippen LogP contribution in [0.2, 0.25) is 0 Å². The Morgan fingerprint density at radius 1 is 1.47 bits per heavy atom. The summed E-state index contributed by atoms with van der Waals surface area (Å²) in [4.78, 5) is 2.30. The molecule has 0 unspecified atom stereocenters. The van der Waals surface area contributed by atoms with Crippen molar-refractivity contribution in [3.63, 3.8) is 0 Å². The second-order valence-electron chi connectivity index (χ2n) is 3.97. The highest BCUT2D eigenvalue weighted by Gasteiger charge is 2.22. The van der Waals surface area contributed by atoms with Gasteiger partial charge >= 0.3 is 0 Å². The molecule has 0 atom stereocenters. The summed E-state index contributed by atoms with van der Waals surface area (Å²) in [7, 11) is 2.12. The van der Waals surface area contributed by atoms with Crippen molar-refractivity contribution in [3.05, 3.63) is 28.2 Å². The van der Waals surface area contributed by atoms with Crippen LogP contribution in [-0.4, -0.2) is 13.1 Å². The van der Waals surface area contributed by atoms with Crippen LogP contribution in [0.5, 0.6) is 0 Å². The molecule has 1 aliphatic carbocycles. The first-order chi connectivity index (χ1) is 7.22. The van der Waals surface area contributed by atoms with E-state index < -0.39 is 0 Å². The predicted octanol–water partition coefficient (Wildman–Crippen LogP) is 3.31. The van der Waals surface area contributed by atoms with E-state index in [9.17, 15) is 0 Å². The zero-order valence-electron chi connectivity index (χ0n) is 8.70. The first-order valence-electron chi connectivity index (χ1n) is 5.15. The smallest absolute Gasteiger partial charge is 0.100 e. The number of hydrogen-bond acceptors (Lipinski definition) is 2. The van der Waals surface area contributed by atoms with E-state index >= 15 is 0 Å². The molecule has 0 saturated heterocycles. The molecular weight excluding hydrogens is 252 g/mol. The van der Waals surface area contributed by atoms with Gasteiger partial charge in [-0.25, -0.2) is 0 Å². The third kappa shape index (κ3) is 2.00. The third-order valence-corrected chi connectivity index (χ3v) is 3.76. The number of anilines is 1. The lowest BCUT2D eigenvalue weighted by Crippen LogP contribution is -2.37. The Labute approximate surface area is 98.6 Å². The van der Waals surface area contributed by atoms with Crippen LogP contribution in [0.4, 0.5) is 5.69 Å². The normalized spacial score (nSPS) is 15.5. The van der Waals surface area contributed by atoms with Crippen molar-refractivity contribution in [2.75, 3.05) is 11.9 Å². The van der Waals surface area contributed by atoms with Crippen LogP contribution in [0, 0.1) is 11.3 Å². The standard InChI is InChI=1S/C12H13BrN2/c1-15(10-3-2-4-10)11-6-5-9(8-14)12(13)7-11/h5-7,10H,2-4H2,1H3. The van der Waals surface area contributed by atoms with Gasteiger partial charge in [-0.3, -0.25) is 0 Å². The fourth-order valence-corrected chi connectivity index (χ4v) is 2.25. The molecule has 0 heterocycles. The van der Waals surface area contributed by atoms with E-state index in [2.05, 4.69) is 33.9 Å². The topological polar surface area (TPSA) is 27.0 Å². The molecule has 0 radical (unpaired) electrons. The van der Waals surface area contributed by atoms with Crippen LogP contribution < -0.4 is 4.90 Å². The molecule has 1 aromatic rings.